The molecule has 6 heteroatoms. The largest absolute Gasteiger partial charge is 0.478 e. The van der Waals surface area contributed by atoms with E-state index in [1.165, 1.54) is 6.07 Å². The van der Waals surface area contributed by atoms with Crippen LogP contribution in [0, 0.1) is 17.1 Å². The Morgan fingerprint density at radius 1 is 1.60 bits per heavy atom. The van der Waals surface area contributed by atoms with E-state index in [1.807, 2.05) is 0 Å². The summed E-state index contributed by atoms with van der Waals surface area (Å²) in [7, 11) is -1.61. The second kappa shape index (κ2) is 4.66. The predicted octanol–water partition coefficient (Wildman–Crippen LogP) is 1.16. The molecule has 1 aromatic rings. The van der Waals surface area contributed by atoms with Crippen LogP contribution >= 0.6 is 0 Å². The number of hydrogen-bond donors (Lipinski definition) is 1. The summed E-state index contributed by atoms with van der Waals surface area (Å²) in [6.45, 7) is 0. The van der Waals surface area contributed by atoms with Crippen LogP contribution in [0.4, 0.5) is 4.39 Å². The molecule has 78 valence electrons. The molecule has 0 saturated carbocycles. The highest BCUT2D eigenvalue weighted by Crippen LogP contribution is 2.13. The molecule has 0 radical (unpaired) electrons. The van der Waals surface area contributed by atoms with Crippen LogP contribution in [0.2, 0.25) is 0 Å². The van der Waals surface area contributed by atoms with E-state index in [-0.39, 0.29) is 10.6 Å². The quantitative estimate of drug-likeness (QED) is 0.840. The number of nitrogens with zero attached hydrogens (tertiary/aromatic N) is 1. The van der Waals surface area contributed by atoms with Gasteiger partial charge in [0.1, 0.15) is 11.6 Å². The predicted molar refractivity (Wildman–Crippen MR) is 50.2 cm³/mol. The van der Waals surface area contributed by atoms with Crippen molar-refractivity contribution in [2.24, 2.45) is 0 Å². The van der Waals surface area contributed by atoms with E-state index >= 15 is 0 Å². The molecule has 1 rings (SSSR count). The van der Waals surface area contributed by atoms with Crippen molar-refractivity contribution in [3.63, 3.8) is 0 Å². The molecule has 0 heterocycles. The number of benzene rings is 1. The smallest absolute Gasteiger partial charge is 0.338 e. The van der Waals surface area contributed by atoms with Crippen molar-refractivity contribution in [1.82, 2.24) is 0 Å². The van der Waals surface area contributed by atoms with Gasteiger partial charge in [-0.05, 0) is 18.2 Å². The Morgan fingerprint density at radius 2 is 2.27 bits per heavy atom. The van der Waals surface area contributed by atoms with Crippen LogP contribution in [0.25, 0.3) is 0 Å². The van der Waals surface area contributed by atoms with Gasteiger partial charge in [0.05, 0.1) is 22.4 Å². The molecule has 1 N–H and O–H groups in total. The van der Waals surface area contributed by atoms with Crippen molar-refractivity contribution in [3.05, 3.63) is 29.6 Å². The maximum Gasteiger partial charge on any atom is 0.338 e. The van der Waals surface area contributed by atoms with Crippen molar-refractivity contribution in [1.29, 1.82) is 5.26 Å². The Balaban J connectivity index is 3.14. The van der Waals surface area contributed by atoms with Gasteiger partial charge in [-0.2, -0.15) is 5.26 Å². The Hall–Kier alpha value is -1.74. The second-order valence-electron chi connectivity index (χ2n) is 2.59. The molecule has 1 unspecified atom stereocenters. The topological polar surface area (TPSA) is 78.2 Å². The minimum Gasteiger partial charge on any atom is -0.478 e. The summed E-state index contributed by atoms with van der Waals surface area (Å²) in [5, 5.41) is 16.9. The van der Waals surface area contributed by atoms with Crippen LogP contribution in [0.15, 0.2) is 23.1 Å². The van der Waals surface area contributed by atoms with Gasteiger partial charge < -0.3 is 5.11 Å². The van der Waals surface area contributed by atoms with Crippen LogP contribution < -0.4 is 0 Å². The number of aromatic carboxylic acids is 1. The van der Waals surface area contributed by atoms with Gasteiger partial charge in [-0.3, -0.25) is 4.21 Å². The Labute approximate surface area is 87.4 Å². The Morgan fingerprint density at radius 3 is 2.80 bits per heavy atom. The standard InChI is InChI=1S/C9H6FNO3S/c10-8-2-1-6(15(14)4-3-11)5-7(8)9(12)13/h1-2,5H,4H2,(H,12,13). The van der Waals surface area contributed by atoms with E-state index in [9.17, 15) is 13.4 Å². The summed E-state index contributed by atoms with van der Waals surface area (Å²) >= 11 is 0. The van der Waals surface area contributed by atoms with Gasteiger partial charge in [0.15, 0.2) is 0 Å². The lowest BCUT2D eigenvalue weighted by Crippen LogP contribution is -2.03. The lowest BCUT2D eigenvalue weighted by atomic mass is 10.2. The monoisotopic (exact) mass is 227 g/mol. The van der Waals surface area contributed by atoms with E-state index in [1.54, 1.807) is 6.07 Å². The molecule has 4 nitrogen and oxygen atoms in total. The third-order valence-electron chi connectivity index (χ3n) is 1.63. The Bertz CT molecular complexity index is 467. The molecule has 0 fully saturated rings. The molecule has 0 bridgehead atoms. The maximum absolute atomic E-state index is 12.9. The number of carbonyl (C=O) groups is 1. The molecule has 1 aromatic carbocycles. The van der Waals surface area contributed by atoms with Gasteiger partial charge in [-0.15, -0.1) is 0 Å². The van der Waals surface area contributed by atoms with Crippen molar-refractivity contribution in [2.75, 3.05) is 5.75 Å². The lowest BCUT2D eigenvalue weighted by molar-refractivity contribution is 0.0691. The van der Waals surface area contributed by atoms with Crippen LogP contribution in [-0.4, -0.2) is 21.0 Å². The van der Waals surface area contributed by atoms with Gasteiger partial charge in [-0.25, -0.2) is 9.18 Å². The maximum atomic E-state index is 12.9. The fourth-order valence-electron chi connectivity index (χ4n) is 0.952. The normalized spacial score (nSPS) is 11.7. The third-order valence-corrected chi connectivity index (χ3v) is 2.80. The molecule has 0 aromatic heterocycles. The molecule has 15 heavy (non-hydrogen) atoms. The summed E-state index contributed by atoms with van der Waals surface area (Å²) in [5.74, 6) is -2.56. The number of carboxylic acids is 1. The number of rotatable bonds is 3. The molecule has 0 spiro atoms. The van der Waals surface area contributed by atoms with Gasteiger partial charge in [-0.1, -0.05) is 0 Å². The summed E-state index contributed by atoms with van der Waals surface area (Å²) in [6.07, 6.45) is 0. The fourth-order valence-corrected chi connectivity index (χ4v) is 1.70. The number of carboxylic acid groups (broad SMARTS) is 1. The van der Waals surface area contributed by atoms with Gasteiger partial charge >= 0.3 is 5.97 Å². The van der Waals surface area contributed by atoms with Gasteiger partial charge in [0, 0.05) is 4.90 Å². The van der Waals surface area contributed by atoms with Crippen molar-refractivity contribution < 1.29 is 18.5 Å². The van der Waals surface area contributed by atoms with Crippen molar-refractivity contribution >= 4 is 16.8 Å². The minimum absolute atomic E-state index is 0.135. The lowest BCUT2D eigenvalue weighted by Gasteiger charge is -2.01. The van der Waals surface area contributed by atoms with Crippen molar-refractivity contribution in [2.45, 2.75) is 4.90 Å². The highest BCUT2D eigenvalue weighted by Gasteiger charge is 2.13. The Kier molecular flexibility index (Phi) is 3.52. The van der Waals surface area contributed by atoms with Crippen molar-refractivity contribution in [3.8, 4) is 6.07 Å². The highest BCUT2D eigenvalue weighted by molar-refractivity contribution is 7.85. The molecular formula is C9H6FNO3S. The zero-order valence-corrected chi connectivity index (χ0v) is 8.25. The summed E-state index contributed by atoms with van der Waals surface area (Å²) in [6, 6.07) is 4.79. The van der Waals surface area contributed by atoms with Crippen LogP contribution in [0.3, 0.4) is 0 Å². The molecule has 0 saturated heterocycles. The molecule has 0 aliphatic heterocycles. The zero-order chi connectivity index (χ0) is 11.4. The highest BCUT2D eigenvalue weighted by atomic mass is 32.2. The minimum atomic E-state index is -1.61. The van der Waals surface area contributed by atoms with E-state index in [4.69, 9.17) is 10.4 Å². The second-order valence-corrected chi connectivity index (χ2v) is 4.05. The van der Waals surface area contributed by atoms with E-state index < -0.39 is 28.1 Å². The molecule has 1 atom stereocenters. The molecule has 0 amide bonds. The average molecular weight is 227 g/mol. The van der Waals surface area contributed by atoms with Gasteiger partial charge in [0.2, 0.25) is 0 Å². The van der Waals surface area contributed by atoms with E-state index in [0.29, 0.717) is 0 Å². The molecule has 0 aliphatic rings. The van der Waals surface area contributed by atoms with Crippen LogP contribution in [0.1, 0.15) is 10.4 Å². The van der Waals surface area contributed by atoms with E-state index in [0.717, 1.165) is 12.1 Å². The molecule has 0 aliphatic carbocycles. The van der Waals surface area contributed by atoms with E-state index in [2.05, 4.69) is 0 Å². The zero-order valence-electron chi connectivity index (χ0n) is 7.44. The number of hydrogen-bond acceptors (Lipinski definition) is 3. The van der Waals surface area contributed by atoms with Gasteiger partial charge in [0.25, 0.3) is 0 Å². The first kappa shape index (κ1) is 11.3. The fraction of sp³-hybridized carbons (Fsp3) is 0.111. The molecular weight excluding hydrogens is 221 g/mol. The number of halogens is 1. The average Bonchev–Trinajstić information content (AvgIpc) is 2.18. The summed E-state index contributed by atoms with van der Waals surface area (Å²) in [4.78, 5) is 10.7. The SMILES string of the molecule is N#CCS(=O)c1ccc(F)c(C(=O)O)c1. The van der Waals surface area contributed by atoms with Crippen LogP contribution in [0.5, 0.6) is 0 Å². The summed E-state index contributed by atoms with van der Waals surface area (Å²) < 4.78 is 24.2. The first-order chi connectivity index (χ1) is 7.06. The first-order valence-electron chi connectivity index (χ1n) is 3.84. The first-order valence-corrected chi connectivity index (χ1v) is 5.16. The third kappa shape index (κ3) is 2.60. The van der Waals surface area contributed by atoms with Crippen LogP contribution in [-0.2, 0) is 10.8 Å². The number of nitriles is 1. The summed E-state index contributed by atoms with van der Waals surface area (Å²) in [5.41, 5.74) is -0.543.